The van der Waals surface area contributed by atoms with Crippen molar-refractivity contribution in [2.45, 2.75) is 12.8 Å². The summed E-state index contributed by atoms with van der Waals surface area (Å²) >= 11 is 0. The summed E-state index contributed by atoms with van der Waals surface area (Å²) in [7, 11) is 1.16. The number of methoxy groups -OCH3 is 1. The van der Waals surface area contributed by atoms with Crippen LogP contribution in [0.1, 0.15) is 18.4 Å². The number of hydrogen-bond donors (Lipinski definition) is 0. The van der Waals surface area contributed by atoms with Gasteiger partial charge in [-0.2, -0.15) is 0 Å². The third-order valence-electron chi connectivity index (χ3n) is 2.87. The molecule has 0 saturated heterocycles. The van der Waals surface area contributed by atoms with Gasteiger partial charge in [-0.3, -0.25) is 19.7 Å². The first-order chi connectivity index (χ1) is 8.97. The predicted molar refractivity (Wildman–Crippen MR) is 67.2 cm³/mol. The fraction of sp³-hybridized carbons (Fsp3) is 0.385. The van der Waals surface area contributed by atoms with Gasteiger partial charge in [0.15, 0.2) is 0 Å². The van der Waals surface area contributed by atoms with E-state index in [9.17, 15) is 19.7 Å². The molecule has 0 spiro atoms. The Kier molecular flexibility index (Phi) is 5.17. The van der Waals surface area contributed by atoms with Crippen molar-refractivity contribution in [3.8, 4) is 0 Å². The van der Waals surface area contributed by atoms with Crippen LogP contribution >= 0.6 is 0 Å². The molecule has 0 fully saturated rings. The highest BCUT2D eigenvalue weighted by Gasteiger charge is 2.37. The molecule has 0 aliphatic carbocycles. The van der Waals surface area contributed by atoms with E-state index in [2.05, 4.69) is 4.74 Å². The van der Waals surface area contributed by atoms with Crippen molar-refractivity contribution >= 4 is 11.8 Å². The van der Waals surface area contributed by atoms with E-state index in [1.54, 1.807) is 30.3 Å². The minimum Gasteiger partial charge on any atom is -0.468 e. The van der Waals surface area contributed by atoms with E-state index in [4.69, 9.17) is 0 Å². The summed E-state index contributed by atoms with van der Waals surface area (Å²) in [5, 5.41) is 10.8. The molecular formula is C13H15NO5. The van der Waals surface area contributed by atoms with Gasteiger partial charge in [-0.25, -0.2) is 0 Å². The Bertz CT molecular complexity index is 471. The highest BCUT2D eigenvalue weighted by atomic mass is 16.6. The number of hydrogen-bond acceptors (Lipinski definition) is 5. The highest BCUT2D eigenvalue weighted by Crippen LogP contribution is 2.27. The Balaban J connectivity index is 3.17. The number of esters is 1. The van der Waals surface area contributed by atoms with Crippen LogP contribution < -0.4 is 0 Å². The molecule has 0 amide bonds. The lowest BCUT2D eigenvalue weighted by Crippen LogP contribution is -2.33. The van der Waals surface area contributed by atoms with E-state index in [1.807, 2.05) is 0 Å². The molecule has 0 aliphatic heterocycles. The van der Waals surface area contributed by atoms with E-state index < -0.39 is 35.1 Å². The van der Waals surface area contributed by atoms with Gasteiger partial charge in [-0.15, -0.1) is 0 Å². The van der Waals surface area contributed by atoms with Crippen LogP contribution in [0.5, 0.6) is 0 Å². The number of carbonyl (C=O) groups is 2. The molecule has 102 valence electrons. The summed E-state index contributed by atoms with van der Waals surface area (Å²) in [5.41, 5.74) is 0.574. The molecule has 0 aliphatic rings. The van der Waals surface area contributed by atoms with Gasteiger partial charge in [0.05, 0.1) is 13.0 Å². The average molecular weight is 265 g/mol. The number of ketones is 1. The zero-order chi connectivity index (χ0) is 14.4. The summed E-state index contributed by atoms with van der Waals surface area (Å²) in [6, 6.07) is 8.49. The Hall–Kier alpha value is -2.24. The predicted octanol–water partition coefficient (Wildman–Crippen LogP) is 1.43. The normalized spacial score (nSPS) is 13.4. The second-order valence-electron chi connectivity index (χ2n) is 4.14. The maximum absolute atomic E-state index is 11.7. The second kappa shape index (κ2) is 6.63. The number of nitrogens with zero attached hydrogens (tertiary/aromatic N) is 1. The van der Waals surface area contributed by atoms with Crippen molar-refractivity contribution in [1.29, 1.82) is 0 Å². The number of Topliss-reactive ketones (excluding diaryl/α,β-unsaturated/α-hetero) is 1. The summed E-state index contributed by atoms with van der Waals surface area (Å²) in [5.74, 6) is -3.16. The fourth-order valence-corrected chi connectivity index (χ4v) is 2.00. The number of rotatable bonds is 6. The lowest BCUT2D eigenvalue weighted by atomic mass is 9.83. The van der Waals surface area contributed by atoms with E-state index in [0.717, 1.165) is 7.11 Å². The SMILES string of the molecule is COC(=O)[C@@H](C(C)=O)[C@@H](C[N+](=O)[O-])c1ccccc1. The second-order valence-corrected chi connectivity index (χ2v) is 4.14. The van der Waals surface area contributed by atoms with Crippen LogP contribution in [0.25, 0.3) is 0 Å². The van der Waals surface area contributed by atoms with Gasteiger partial charge in [-0.05, 0) is 12.5 Å². The number of nitro groups is 1. The molecule has 0 radical (unpaired) electrons. The van der Waals surface area contributed by atoms with Crippen LogP contribution in [0.15, 0.2) is 30.3 Å². The van der Waals surface area contributed by atoms with Crippen molar-refractivity contribution < 1.29 is 19.2 Å². The molecule has 0 aromatic heterocycles. The highest BCUT2D eigenvalue weighted by molar-refractivity contribution is 5.98. The average Bonchev–Trinajstić information content (AvgIpc) is 2.37. The molecular weight excluding hydrogens is 250 g/mol. The molecule has 1 aromatic rings. The van der Waals surface area contributed by atoms with E-state index in [1.165, 1.54) is 6.92 Å². The number of carbonyl (C=O) groups excluding carboxylic acids is 2. The van der Waals surface area contributed by atoms with Crippen LogP contribution in [-0.4, -0.2) is 30.3 Å². The summed E-state index contributed by atoms with van der Waals surface area (Å²) in [6.45, 7) is 0.737. The zero-order valence-electron chi connectivity index (χ0n) is 10.7. The molecule has 6 heteroatoms. The Morgan fingerprint density at radius 1 is 1.32 bits per heavy atom. The Morgan fingerprint density at radius 2 is 1.89 bits per heavy atom. The van der Waals surface area contributed by atoms with Crippen molar-refractivity contribution in [3.63, 3.8) is 0 Å². The van der Waals surface area contributed by atoms with Crippen molar-refractivity contribution in [1.82, 2.24) is 0 Å². The Labute approximate surface area is 110 Å². The maximum atomic E-state index is 11.7. The van der Waals surface area contributed by atoms with Gasteiger partial charge in [0.1, 0.15) is 11.7 Å². The van der Waals surface area contributed by atoms with E-state index >= 15 is 0 Å². The standard InChI is InChI=1S/C13H15NO5/c1-9(15)12(13(16)19-2)11(8-14(17)18)10-6-4-3-5-7-10/h3-7,11-12H,8H2,1-2H3/t11-,12-/m0/s1. The number of benzene rings is 1. The third kappa shape index (κ3) is 3.87. The largest absolute Gasteiger partial charge is 0.468 e. The topological polar surface area (TPSA) is 86.5 Å². The first-order valence-electron chi connectivity index (χ1n) is 5.72. The molecule has 0 heterocycles. The molecule has 19 heavy (non-hydrogen) atoms. The molecule has 0 bridgehead atoms. The van der Waals surface area contributed by atoms with E-state index in [-0.39, 0.29) is 0 Å². The van der Waals surface area contributed by atoms with Gasteiger partial charge in [0.2, 0.25) is 6.54 Å². The van der Waals surface area contributed by atoms with Gasteiger partial charge in [-0.1, -0.05) is 30.3 Å². The van der Waals surface area contributed by atoms with Gasteiger partial charge >= 0.3 is 5.97 Å². The van der Waals surface area contributed by atoms with Crippen molar-refractivity contribution in [3.05, 3.63) is 46.0 Å². The van der Waals surface area contributed by atoms with Gasteiger partial charge in [0.25, 0.3) is 0 Å². The molecule has 0 saturated carbocycles. The van der Waals surface area contributed by atoms with E-state index in [0.29, 0.717) is 5.56 Å². The summed E-state index contributed by atoms with van der Waals surface area (Å²) < 4.78 is 4.58. The minimum absolute atomic E-state index is 0.442. The van der Waals surface area contributed by atoms with Crippen molar-refractivity contribution in [2.24, 2.45) is 5.92 Å². The zero-order valence-corrected chi connectivity index (χ0v) is 10.7. The van der Waals surface area contributed by atoms with Gasteiger partial charge < -0.3 is 4.74 Å². The smallest absolute Gasteiger partial charge is 0.317 e. The first kappa shape index (κ1) is 14.8. The Morgan fingerprint density at radius 3 is 2.32 bits per heavy atom. The van der Waals surface area contributed by atoms with Crippen LogP contribution in [-0.2, 0) is 14.3 Å². The monoisotopic (exact) mass is 265 g/mol. The fourth-order valence-electron chi connectivity index (χ4n) is 2.00. The third-order valence-corrected chi connectivity index (χ3v) is 2.87. The van der Waals surface area contributed by atoms with Crippen LogP contribution in [0.2, 0.25) is 0 Å². The molecule has 1 aromatic carbocycles. The first-order valence-corrected chi connectivity index (χ1v) is 5.72. The molecule has 1 rings (SSSR count). The molecule has 2 atom stereocenters. The minimum atomic E-state index is -1.15. The summed E-state index contributed by atoms with van der Waals surface area (Å²) in [4.78, 5) is 33.5. The maximum Gasteiger partial charge on any atom is 0.317 e. The van der Waals surface area contributed by atoms with Gasteiger partial charge in [0, 0.05) is 4.92 Å². The van der Waals surface area contributed by atoms with Crippen molar-refractivity contribution in [2.75, 3.05) is 13.7 Å². The molecule has 0 N–H and O–H groups in total. The number of ether oxygens (including phenoxy) is 1. The lowest BCUT2D eigenvalue weighted by molar-refractivity contribution is -0.484. The molecule has 6 nitrogen and oxygen atoms in total. The summed E-state index contributed by atoms with van der Waals surface area (Å²) in [6.07, 6.45) is 0. The van der Waals surface area contributed by atoms with Crippen LogP contribution in [0, 0.1) is 16.0 Å². The molecule has 0 unspecified atom stereocenters. The van der Waals surface area contributed by atoms with Crippen LogP contribution in [0.3, 0.4) is 0 Å². The quantitative estimate of drug-likeness (QED) is 0.336. The van der Waals surface area contributed by atoms with Crippen LogP contribution in [0.4, 0.5) is 0 Å². The lowest BCUT2D eigenvalue weighted by Gasteiger charge is -2.20.